The fourth-order valence-electron chi connectivity index (χ4n) is 1.26. The first-order valence-electron chi connectivity index (χ1n) is 4.48. The molecular weight excluding hydrogens is 246 g/mol. The summed E-state index contributed by atoms with van der Waals surface area (Å²) in [6.07, 6.45) is 1.59. The molecule has 0 radical (unpaired) electrons. The summed E-state index contributed by atoms with van der Waals surface area (Å²) < 4.78 is 4.97. The maximum atomic E-state index is 5.79. The largest absolute Gasteiger partial charge is 0.329 e. The Kier molecular flexibility index (Phi) is 3.74. The van der Waals surface area contributed by atoms with E-state index in [4.69, 9.17) is 5.73 Å². The SMILES string of the molecule is Cc1ccsc1C(CN)Sc1ncns1. The molecule has 0 fully saturated rings. The van der Waals surface area contributed by atoms with Gasteiger partial charge in [-0.1, -0.05) is 11.8 Å². The minimum absolute atomic E-state index is 0.304. The van der Waals surface area contributed by atoms with Gasteiger partial charge in [-0.3, -0.25) is 0 Å². The van der Waals surface area contributed by atoms with Crippen LogP contribution in [0.25, 0.3) is 0 Å². The summed E-state index contributed by atoms with van der Waals surface area (Å²) >= 11 is 4.88. The van der Waals surface area contributed by atoms with Gasteiger partial charge < -0.3 is 5.73 Å². The molecule has 2 aromatic heterocycles. The Morgan fingerprint density at radius 2 is 2.47 bits per heavy atom. The van der Waals surface area contributed by atoms with Crippen molar-refractivity contribution in [2.24, 2.45) is 5.73 Å². The highest BCUT2D eigenvalue weighted by atomic mass is 32.2. The lowest BCUT2D eigenvalue weighted by atomic mass is 10.2. The molecule has 0 aliphatic rings. The Bertz CT molecular complexity index is 410. The van der Waals surface area contributed by atoms with Crippen molar-refractivity contribution < 1.29 is 0 Å². The summed E-state index contributed by atoms with van der Waals surface area (Å²) in [6, 6.07) is 2.13. The lowest BCUT2D eigenvalue weighted by Gasteiger charge is -2.11. The Labute approximate surface area is 101 Å². The van der Waals surface area contributed by atoms with Crippen molar-refractivity contribution in [3.63, 3.8) is 0 Å². The molecule has 0 amide bonds. The average Bonchev–Trinajstić information content (AvgIpc) is 2.85. The number of hydrogen-bond acceptors (Lipinski definition) is 6. The zero-order valence-electron chi connectivity index (χ0n) is 8.21. The van der Waals surface area contributed by atoms with Crippen LogP contribution in [0.1, 0.15) is 15.7 Å². The summed E-state index contributed by atoms with van der Waals surface area (Å²) in [5.74, 6) is 0. The van der Waals surface area contributed by atoms with Gasteiger partial charge in [-0.2, -0.15) is 4.37 Å². The molecule has 0 aliphatic heterocycles. The molecule has 6 heteroatoms. The van der Waals surface area contributed by atoms with Crippen LogP contribution in [0.3, 0.4) is 0 Å². The van der Waals surface area contributed by atoms with E-state index < -0.39 is 0 Å². The maximum Gasteiger partial charge on any atom is 0.170 e. The number of thiophene rings is 1. The molecular formula is C9H11N3S3. The minimum atomic E-state index is 0.304. The van der Waals surface area contributed by atoms with Crippen LogP contribution in [0.15, 0.2) is 22.1 Å². The van der Waals surface area contributed by atoms with E-state index in [9.17, 15) is 0 Å². The molecule has 15 heavy (non-hydrogen) atoms. The summed E-state index contributed by atoms with van der Waals surface area (Å²) in [5, 5.41) is 2.41. The van der Waals surface area contributed by atoms with Crippen molar-refractivity contribution in [1.29, 1.82) is 0 Å². The Balaban J connectivity index is 2.15. The standard InChI is InChI=1S/C9H11N3S3/c1-6-2-3-13-8(6)7(4-10)14-9-11-5-12-15-9/h2-3,5,7H,4,10H2,1H3. The molecule has 0 aliphatic carbocycles. The second-order valence-electron chi connectivity index (χ2n) is 3.02. The van der Waals surface area contributed by atoms with Crippen molar-refractivity contribution in [1.82, 2.24) is 9.36 Å². The van der Waals surface area contributed by atoms with Gasteiger partial charge >= 0.3 is 0 Å². The van der Waals surface area contributed by atoms with Crippen LogP contribution in [0.5, 0.6) is 0 Å². The summed E-state index contributed by atoms with van der Waals surface area (Å²) in [5.41, 5.74) is 7.10. The van der Waals surface area contributed by atoms with Crippen LogP contribution < -0.4 is 5.73 Å². The second-order valence-corrected chi connectivity index (χ2v) is 6.19. The summed E-state index contributed by atoms with van der Waals surface area (Å²) in [6.45, 7) is 2.75. The molecule has 0 saturated carbocycles. The predicted octanol–water partition coefficient (Wildman–Crippen LogP) is 2.70. The number of hydrogen-bond donors (Lipinski definition) is 1. The van der Waals surface area contributed by atoms with Crippen LogP contribution in [0.4, 0.5) is 0 Å². The first kappa shape index (κ1) is 11.1. The third kappa shape index (κ3) is 2.57. The van der Waals surface area contributed by atoms with Crippen molar-refractivity contribution in [3.8, 4) is 0 Å². The first-order valence-corrected chi connectivity index (χ1v) is 7.02. The quantitative estimate of drug-likeness (QED) is 0.856. The van der Waals surface area contributed by atoms with E-state index in [0.29, 0.717) is 11.8 Å². The Morgan fingerprint density at radius 1 is 1.60 bits per heavy atom. The third-order valence-electron chi connectivity index (χ3n) is 1.99. The van der Waals surface area contributed by atoms with E-state index in [0.717, 1.165) is 4.34 Å². The van der Waals surface area contributed by atoms with Crippen molar-refractivity contribution in [2.45, 2.75) is 16.5 Å². The maximum absolute atomic E-state index is 5.79. The number of thioether (sulfide) groups is 1. The molecule has 0 bridgehead atoms. The van der Waals surface area contributed by atoms with Gasteiger partial charge in [0.15, 0.2) is 4.34 Å². The zero-order chi connectivity index (χ0) is 10.7. The van der Waals surface area contributed by atoms with Crippen LogP contribution in [0.2, 0.25) is 0 Å². The number of rotatable bonds is 4. The number of nitrogens with zero attached hydrogens (tertiary/aromatic N) is 2. The molecule has 1 atom stereocenters. The fourth-order valence-corrected chi connectivity index (χ4v) is 4.16. The van der Waals surface area contributed by atoms with Gasteiger partial charge in [-0.15, -0.1) is 11.3 Å². The molecule has 1 unspecified atom stereocenters. The molecule has 2 heterocycles. The van der Waals surface area contributed by atoms with Gasteiger partial charge in [0.1, 0.15) is 6.33 Å². The second kappa shape index (κ2) is 5.07. The normalized spacial score (nSPS) is 12.9. The van der Waals surface area contributed by atoms with Crippen LogP contribution in [-0.2, 0) is 0 Å². The Morgan fingerprint density at radius 3 is 3.00 bits per heavy atom. The van der Waals surface area contributed by atoms with Crippen LogP contribution in [0, 0.1) is 6.92 Å². The van der Waals surface area contributed by atoms with E-state index in [1.54, 1.807) is 29.4 Å². The lowest BCUT2D eigenvalue weighted by Crippen LogP contribution is -2.08. The number of aromatic nitrogens is 2. The molecule has 2 N–H and O–H groups in total. The van der Waals surface area contributed by atoms with Crippen LogP contribution >= 0.6 is 34.6 Å². The predicted molar refractivity (Wildman–Crippen MR) is 66.6 cm³/mol. The Hall–Kier alpha value is -0.430. The van der Waals surface area contributed by atoms with Gasteiger partial charge in [-0.25, -0.2) is 4.98 Å². The molecule has 3 nitrogen and oxygen atoms in total. The van der Waals surface area contributed by atoms with E-state index in [-0.39, 0.29) is 0 Å². The average molecular weight is 257 g/mol. The highest BCUT2D eigenvalue weighted by Crippen LogP contribution is 2.38. The van der Waals surface area contributed by atoms with Crippen molar-refractivity contribution >= 4 is 34.6 Å². The molecule has 0 aromatic carbocycles. The smallest absolute Gasteiger partial charge is 0.170 e. The van der Waals surface area contributed by atoms with E-state index in [1.807, 2.05) is 0 Å². The van der Waals surface area contributed by atoms with Gasteiger partial charge in [-0.05, 0) is 35.5 Å². The highest BCUT2D eigenvalue weighted by Gasteiger charge is 2.16. The molecule has 2 aromatic rings. The van der Waals surface area contributed by atoms with E-state index >= 15 is 0 Å². The minimum Gasteiger partial charge on any atom is -0.329 e. The molecule has 0 saturated heterocycles. The first-order chi connectivity index (χ1) is 7.31. The summed E-state index contributed by atoms with van der Waals surface area (Å²) in [7, 11) is 0. The van der Waals surface area contributed by atoms with E-state index in [2.05, 4.69) is 27.7 Å². The molecule has 0 spiro atoms. The fraction of sp³-hybridized carbons (Fsp3) is 0.333. The summed E-state index contributed by atoms with van der Waals surface area (Å²) in [4.78, 5) is 5.51. The number of nitrogens with two attached hydrogens (primary N) is 1. The topological polar surface area (TPSA) is 51.8 Å². The van der Waals surface area contributed by atoms with Crippen molar-refractivity contribution in [2.75, 3.05) is 6.54 Å². The number of aryl methyl sites for hydroxylation is 1. The zero-order valence-corrected chi connectivity index (χ0v) is 10.7. The van der Waals surface area contributed by atoms with Gasteiger partial charge in [0.05, 0.1) is 5.25 Å². The lowest BCUT2D eigenvalue weighted by molar-refractivity contribution is 0.950. The van der Waals surface area contributed by atoms with E-state index in [1.165, 1.54) is 22.0 Å². The van der Waals surface area contributed by atoms with Gasteiger partial charge in [0.25, 0.3) is 0 Å². The van der Waals surface area contributed by atoms with Crippen molar-refractivity contribution in [3.05, 3.63) is 28.2 Å². The van der Waals surface area contributed by atoms with Crippen LogP contribution in [-0.4, -0.2) is 15.9 Å². The molecule has 80 valence electrons. The van der Waals surface area contributed by atoms with Gasteiger partial charge in [0, 0.05) is 11.4 Å². The highest BCUT2D eigenvalue weighted by molar-refractivity contribution is 8.01. The molecule has 2 rings (SSSR count). The van der Waals surface area contributed by atoms with Gasteiger partial charge in [0.2, 0.25) is 0 Å². The third-order valence-corrected chi connectivity index (χ3v) is 5.27. The monoisotopic (exact) mass is 257 g/mol.